The summed E-state index contributed by atoms with van der Waals surface area (Å²) in [6.45, 7) is 3.59. The zero-order valence-corrected chi connectivity index (χ0v) is 10.2. The smallest absolute Gasteiger partial charge is 0.242 e. The zero-order chi connectivity index (χ0) is 12.2. The van der Waals surface area contributed by atoms with Gasteiger partial charge in [-0.05, 0) is 13.3 Å². The van der Waals surface area contributed by atoms with Gasteiger partial charge in [-0.2, -0.15) is 0 Å². The van der Waals surface area contributed by atoms with Gasteiger partial charge in [-0.15, -0.1) is 0 Å². The third kappa shape index (κ3) is 3.87. The van der Waals surface area contributed by atoms with Gasteiger partial charge in [0.25, 0.3) is 0 Å². The Balaban J connectivity index is 4.41. The number of carbonyl (C=O) groups is 2. The van der Waals surface area contributed by atoms with Crippen molar-refractivity contribution in [3.63, 3.8) is 0 Å². The topological polar surface area (TPSA) is 66.6 Å². The average molecular weight is 215 g/mol. The van der Waals surface area contributed by atoms with E-state index in [9.17, 15) is 9.59 Å². The molecule has 0 saturated heterocycles. The van der Waals surface area contributed by atoms with E-state index in [0.717, 1.165) is 0 Å². The van der Waals surface area contributed by atoms with Crippen LogP contribution in [0.3, 0.4) is 0 Å². The normalized spacial score (nSPS) is 14.3. The maximum absolute atomic E-state index is 11.8. The molecule has 2 N–H and O–H groups in total. The first-order chi connectivity index (χ1) is 6.72. The van der Waals surface area contributed by atoms with E-state index in [-0.39, 0.29) is 18.4 Å². The van der Waals surface area contributed by atoms with E-state index < -0.39 is 5.54 Å². The van der Waals surface area contributed by atoms with Crippen LogP contribution in [0.5, 0.6) is 0 Å². The fraction of sp³-hybridized carbons (Fsp3) is 0.800. The van der Waals surface area contributed by atoms with E-state index in [1.807, 2.05) is 6.92 Å². The summed E-state index contributed by atoms with van der Waals surface area (Å²) in [6, 6.07) is 0. The van der Waals surface area contributed by atoms with Crippen molar-refractivity contribution in [1.82, 2.24) is 9.80 Å². The lowest BCUT2D eigenvalue weighted by atomic mass is 9.99. The lowest BCUT2D eigenvalue weighted by molar-refractivity contribution is -0.141. The van der Waals surface area contributed by atoms with Crippen LogP contribution in [0.4, 0.5) is 0 Å². The summed E-state index contributed by atoms with van der Waals surface area (Å²) in [5.41, 5.74) is 4.91. The van der Waals surface area contributed by atoms with Crippen LogP contribution >= 0.6 is 0 Å². The quantitative estimate of drug-likeness (QED) is 0.697. The van der Waals surface area contributed by atoms with Crippen LogP contribution in [-0.4, -0.2) is 54.8 Å². The number of hydrogen-bond acceptors (Lipinski definition) is 3. The Bertz CT molecular complexity index is 249. The number of carbonyl (C=O) groups excluding carboxylic acids is 2. The number of rotatable bonds is 4. The first-order valence-electron chi connectivity index (χ1n) is 4.97. The molecule has 0 aliphatic heterocycles. The Hall–Kier alpha value is -1.10. The second-order valence-corrected chi connectivity index (χ2v) is 4.22. The van der Waals surface area contributed by atoms with Crippen LogP contribution in [-0.2, 0) is 9.59 Å². The largest absolute Gasteiger partial charge is 0.347 e. The highest BCUT2D eigenvalue weighted by molar-refractivity contribution is 5.89. The van der Waals surface area contributed by atoms with Gasteiger partial charge in [0, 0.05) is 21.1 Å². The van der Waals surface area contributed by atoms with Crippen molar-refractivity contribution in [3.8, 4) is 0 Å². The Labute approximate surface area is 91.2 Å². The van der Waals surface area contributed by atoms with Gasteiger partial charge >= 0.3 is 0 Å². The van der Waals surface area contributed by atoms with Gasteiger partial charge in [0.15, 0.2) is 0 Å². The molecule has 5 nitrogen and oxygen atoms in total. The van der Waals surface area contributed by atoms with Crippen LogP contribution in [0.1, 0.15) is 20.3 Å². The van der Waals surface area contributed by atoms with E-state index in [1.165, 1.54) is 9.80 Å². The molecule has 0 radical (unpaired) electrons. The molecule has 5 heteroatoms. The predicted octanol–water partition coefficient (Wildman–Crippen LogP) is -0.340. The molecule has 2 amide bonds. The summed E-state index contributed by atoms with van der Waals surface area (Å²) < 4.78 is 0. The van der Waals surface area contributed by atoms with E-state index in [0.29, 0.717) is 6.42 Å². The molecule has 1 atom stereocenters. The first kappa shape index (κ1) is 13.9. The third-order valence-electron chi connectivity index (χ3n) is 2.44. The minimum Gasteiger partial charge on any atom is -0.347 e. The van der Waals surface area contributed by atoms with E-state index >= 15 is 0 Å². The van der Waals surface area contributed by atoms with Gasteiger partial charge in [-0.25, -0.2) is 0 Å². The monoisotopic (exact) mass is 215 g/mol. The maximum Gasteiger partial charge on any atom is 0.242 e. The van der Waals surface area contributed by atoms with Gasteiger partial charge in [-0.3, -0.25) is 9.59 Å². The van der Waals surface area contributed by atoms with Crippen molar-refractivity contribution in [2.45, 2.75) is 25.8 Å². The summed E-state index contributed by atoms with van der Waals surface area (Å²) >= 11 is 0. The lowest BCUT2D eigenvalue weighted by Gasteiger charge is -2.28. The minimum absolute atomic E-state index is 0.0681. The number of amides is 2. The van der Waals surface area contributed by atoms with Crippen LogP contribution in [0.2, 0.25) is 0 Å². The Morgan fingerprint density at radius 3 is 2.07 bits per heavy atom. The highest BCUT2D eigenvalue weighted by atomic mass is 16.2. The molecule has 1 unspecified atom stereocenters. The molecule has 0 aromatic rings. The minimum atomic E-state index is -0.888. The summed E-state index contributed by atoms with van der Waals surface area (Å²) in [7, 11) is 4.90. The molecule has 0 spiro atoms. The summed E-state index contributed by atoms with van der Waals surface area (Å²) in [5, 5.41) is 0. The number of hydrogen-bond donors (Lipinski definition) is 1. The number of nitrogens with zero attached hydrogens (tertiary/aromatic N) is 2. The molecule has 88 valence electrons. The van der Waals surface area contributed by atoms with E-state index in [2.05, 4.69) is 0 Å². The van der Waals surface area contributed by atoms with Crippen molar-refractivity contribution >= 4 is 11.8 Å². The zero-order valence-electron chi connectivity index (χ0n) is 10.2. The molecule has 0 aliphatic carbocycles. The van der Waals surface area contributed by atoms with Gasteiger partial charge < -0.3 is 15.5 Å². The summed E-state index contributed by atoms with van der Waals surface area (Å²) in [5.74, 6) is -0.321. The summed E-state index contributed by atoms with van der Waals surface area (Å²) in [6.07, 6.45) is 0.548. The number of nitrogens with two attached hydrogens (primary N) is 1. The van der Waals surface area contributed by atoms with Gasteiger partial charge in [0.1, 0.15) is 0 Å². The second kappa shape index (κ2) is 5.11. The Morgan fingerprint density at radius 1 is 1.27 bits per heavy atom. The van der Waals surface area contributed by atoms with Crippen LogP contribution in [0.15, 0.2) is 0 Å². The fourth-order valence-electron chi connectivity index (χ4n) is 1.00. The van der Waals surface area contributed by atoms with Gasteiger partial charge in [0.05, 0.1) is 12.1 Å². The van der Waals surface area contributed by atoms with Crippen LogP contribution in [0, 0.1) is 0 Å². The highest BCUT2D eigenvalue weighted by Crippen LogP contribution is 2.08. The molecular weight excluding hydrogens is 194 g/mol. The Morgan fingerprint density at radius 2 is 1.73 bits per heavy atom. The number of likely N-dealkylation sites (N-methyl/N-ethyl adjacent to an activating group) is 2. The van der Waals surface area contributed by atoms with Crippen molar-refractivity contribution in [2.75, 3.05) is 27.7 Å². The highest BCUT2D eigenvalue weighted by Gasteiger charge is 2.29. The van der Waals surface area contributed by atoms with Crippen LogP contribution < -0.4 is 5.73 Å². The maximum atomic E-state index is 11.8. The van der Waals surface area contributed by atoms with Crippen molar-refractivity contribution < 1.29 is 9.59 Å². The standard InChI is InChI=1S/C10H21N3O2/c1-6-10(2,11)9(15)13(5)7-8(14)12(3)4/h6-7,11H2,1-5H3. The second-order valence-electron chi connectivity index (χ2n) is 4.22. The molecule has 0 heterocycles. The molecule has 0 aromatic heterocycles. The van der Waals surface area contributed by atoms with Crippen molar-refractivity contribution in [2.24, 2.45) is 5.73 Å². The predicted molar refractivity (Wildman–Crippen MR) is 59.2 cm³/mol. The fourth-order valence-corrected chi connectivity index (χ4v) is 1.00. The van der Waals surface area contributed by atoms with E-state index in [4.69, 9.17) is 5.73 Å². The molecule has 0 aromatic carbocycles. The molecule has 0 aliphatic rings. The molecule has 15 heavy (non-hydrogen) atoms. The van der Waals surface area contributed by atoms with Crippen molar-refractivity contribution in [1.29, 1.82) is 0 Å². The third-order valence-corrected chi connectivity index (χ3v) is 2.44. The van der Waals surface area contributed by atoms with Gasteiger partial charge in [0.2, 0.25) is 11.8 Å². The SMILES string of the molecule is CCC(C)(N)C(=O)N(C)CC(=O)N(C)C. The average Bonchev–Trinajstić information content (AvgIpc) is 2.16. The molecular formula is C10H21N3O2. The molecule has 0 saturated carbocycles. The van der Waals surface area contributed by atoms with Crippen molar-refractivity contribution in [3.05, 3.63) is 0 Å². The molecule has 0 fully saturated rings. The lowest BCUT2D eigenvalue weighted by Crippen LogP contribution is -2.53. The first-order valence-corrected chi connectivity index (χ1v) is 4.97. The molecule has 0 rings (SSSR count). The van der Waals surface area contributed by atoms with Gasteiger partial charge in [-0.1, -0.05) is 6.92 Å². The van der Waals surface area contributed by atoms with Crippen LogP contribution in [0.25, 0.3) is 0 Å². The van der Waals surface area contributed by atoms with E-state index in [1.54, 1.807) is 28.1 Å². The summed E-state index contributed by atoms with van der Waals surface area (Å²) in [4.78, 5) is 26.0. The Kier molecular flexibility index (Phi) is 4.74. The molecule has 0 bridgehead atoms.